The van der Waals surface area contributed by atoms with Crippen molar-refractivity contribution >= 4 is 24.2 Å². The number of rotatable bonds is 5. The van der Waals surface area contributed by atoms with E-state index in [0.29, 0.717) is 6.54 Å². The van der Waals surface area contributed by atoms with Crippen molar-refractivity contribution in [3.8, 4) is 5.75 Å². The SMILES string of the molecule is COc1ccc2c(c1)CN(C(=O)CNC(=O)CN)C(c1ccccc1)C2.Cl. The van der Waals surface area contributed by atoms with E-state index >= 15 is 0 Å². The number of nitrogens with zero attached hydrogens (tertiary/aromatic N) is 1. The fraction of sp³-hybridized carbons (Fsp3) is 0.300. The summed E-state index contributed by atoms with van der Waals surface area (Å²) in [6.45, 7) is 0.289. The fourth-order valence-corrected chi connectivity index (χ4v) is 3.27. The zero-order valence-electron chi connectivity index (χ0n) is 15.2. The molecule has 2 aromatic carbocycles. The van der Waals surface area contributed by atoms with Crippen LogP contribution in [0.25, 0.3) is 0 Å². The second-order valence-corrected chi connectivity index (χ2v) is 6.27. The maximum absolute atomic E-state index is 12.8. The van der Waals surface area contributed by atoms with Gasteiger partial charge in [-0.2, -0.15) is 0 Å². The molecule has 0 radical (unpaired) electrons. The quantitative estimate of drug-likeness (QED) is 0.816. The van der Waals surface area contributed by atoms with Gasteiger partial charge in [0, 0.05) is 6.54 Å². The van der Waals surface area contributed by atoms with E-state index in [-0.39, 0.29) is 43.4 Å². The number of ether oxygens (including phenoxy) is 1. The van der Waals surface area contributed by atoms with Crippen LogP contribution in [0.15, 0.2) is 48.5 Å². The first-order valence-corrected chi connectivity index (χ1v) is 8.59. The van der Waals surface area contributed by atoms with Crippen LogP contribution < -0.4 is 15.8 Å². The summed E-state index contributed by atoms with van der Waals surface area (Å²) in [5.41, 5.74) is 8.64. The number of nitrogens with one attached hydrogen (secondary N) is 1. The Morgan fingerprint density at radius 2 is 1.93 bits per heavy atom. The van der Waals surface area contributed by atoms with E-state index in [1.807, 2.05) is 47.4 Å². The number of methoxy groups -OCH3 is 1. The molecule has 0 aromatic heterocycles. The normalized spacial score (nSPS) is 15.3. The van der Waals surface area contributed by atoms with Gasteiger partial charge in [-0.15, -0.1) is 12.4 Å². The molecule has 144 valence electrons. The van der Waals surface area contributed by atoms with Crippen LogP contribution in [0.2, 0.25) is 0 Å². The van der Waals surface area contributed by atoms with Crippen LogP contribution in [-0.4, -0.2) is 36.9 Å². The van der Waals surface area contributed by atoms with Gasteiger partial charge in [-0.05, 0) is 35.2 Å². The summed E-state index contributed by atoms with van der Waals surface area (Å²) in [7, 11) is 1.63. The maximum Gasteiger partial charge on any atom is 0.242 e. The van der Waals surface area contributed by atoms with Gasteiger partial charge in [0.2, 0.25) is 11.8 Å². The summed E-state index contributed by atoms with van der Waals surface area (Å²) >= 11 is 0. The number of carbonyl (C=O) groups excluding carboxylic acids is 2. The smallest absolute Gasteiger partial charge is 0.242 e. The molecule has 0 aliphatic carbocycles. The van der Waals surface area contributed by atoms with Crippen molar-refractivity contribution in [2.75, 3.05) is 20.2 Å². The van der Waals surface area contributed by atoms with Gasteiger partial charge in [0.15, 0.2) is 0 Å². The number of benzene rings is 2. The first-order chi connectivity index (χ1) is 12.6. The third-order valence-electron chi connectivity index (χ3n) is 4.67. The van der Waals surface area contributed by atoms with Crippen molar-refractivity contribution in [1.29, 1.82) is 0 Å². The van der Waals surface area contributed by atoms with Crippen molar-refractivity contribution < 1.29 is 14.3 Å². The van der Waals surface area contributed by atoms with Crippen molar-refractivity contribution in [2.24, 2.45) is 5.73 Å². The van der Waals surface area contributed by atoms with Crippen LogP contribution in [0.5, 0.6) is 5.75 Å². The van der Waals surface area contributed by atoms with Crippen LogP contribution in [0.3, 0.4) is 0 Å². The zero-order valence-corrected chi connectivity index (χ0v) is 16.0. The van der Waals surface area contributed by atoms with Gasteiger partial charge in [-0.1, -0.05) is 36.4 Å². The average molecular weight is 390 g/mol. The van der Waals surface area contributed by atoms with Crippen LogP contribution in [-0.2, 0) is 22.6 Å². The molecule has 6 nitrogen and oxygen atoms in total. The molecule has 3 rings (SSSR count). The molecule has 1 unspecified atom stereocenters. The first kappa shape index (κ1) is 20.7. The van der Waals surface area contributed by atoms with Crippen LogP contribution in [0.4, 0.5) is 0 Å². The summed E-state index contributed by atoms with van der Waals surface area (Å²) in [5.74, 6) is 0.300. The third-order valence-corrected chi connectivity index (χ3v) is 4.67. The average Bonchev–Trinajstić information content (AvgIpc) is 2.70. The topological polar surface area (TPSA) is 84.7 Å². The van der Waals surface area contributed by atoms with E-state index in [4.69, 9.17) is 10.5 Å². The van der Waals surface area contributed by atoms with Crippen LogP contribution in [0, 0.1) is 0 Å². The number of hydrogen-bond acceptors (Lipinski definition) is 4. The number of hydrogen-bond donors (Lipinski definition) is 2. The summed E-state index contributed by atoms with van der Waals surface area (Å²) in [6, 6.07) is 15.8. The molecule has 27 heavy (non-hydrogen) atoms. The number of fused-ring (bicyclic) bond motifs is 1. The van der Waals surface area contributed by atoms with E-state index in [1.54, 1.807) is 7.11 Å². The number of amides is 2. The summed E-state index contributed by atoms with van der Waals surface area (Å²) in [6.07, 6.45) is 0.722. The maximum atomic E-state index is 12.8. The lowest BCUT2D eigenvalue weighted by Gasteiger charge is -2.37. The van der Waals surface area contributed by atoms with Gasteiger partial charge in [0.25, 0.3) is 0 Å². The molecular weight excluding hydrogens is 366 g/mol. The molecule has 1 atom stereocenters. The van der Waals surface area contributed by atoms with E-state index in [0.717, 1.165) is 23.3 Å². The molecule has 1 heterocycles. The molecule has 0 bridgehead atoms. The highest BCUT2D eigenvalue weighted by Gasteiger charge is 2.31. The second kappa shape index (κ2) is 9.39. The molecule has 2 amide bonds. The predicted molar refractivity (Wildman–Crippen MR) is 106 cm³/mol. The van der Waals surface area contributed by atoms with Crippen LogP contribution in [0.1, 0.15) is 22.7 Å². The van der Waals surface area contributed by atoms with Crippen molar-refractivity contribution in [1.82, 2.24) is 10.2 Å². The Morgan fingerprint density at radius 1 is 1.19 bits per heavy atom. The minimum atomic E-state index is -0.339. The Morgan fingerprint density at radius 3 is 2.59 bits per heavy atom. The fourth-order valence-electron chi connectivity index (χ4n) is 3.27. The number of nitrogens with two attached hydrogens (primary N) is 1. The van der Waals surface area contributed by atoms with Gasteiger partial charge in [0.05, 0.1) is 26.2 Å². The highest BCUT2D eigenvalue weighted by Crippen LogP contribution is 2.34. The summed E-state index contributed by atoms with van der Waals surface area (Å²) < 4.78 is 5.31. The Balaban J connectivity index is 0.00000261. The monoisotopic (exact) mass is 389 g/mol. The zero-order chi connectivity index (χ0) is 18.5. The van der Waals surface area contributed by atoms with Gasteiger partial charge in [-0.3, -0.25) is 9.59 Å². The molecule has 0 saturated heterocycles. The van der Waals surface area contributed by atoms with Gasteiger partial charge in [-0.25, -0.2) is 0 Å². The van der Waals surface area contributed by atoms with E-state index < -0.39 is 0 Å². The molecule has 2 aromatic rings. The van der Waals surface area contributed by atoms with Gasteiger partial charge < -0.3 is 20.7 Å². The second-order valence-electron chi connectivity index (χ2n) is 6.27. The molecule has 0 fully saturated rings. The van der Waals surface area contributed by atoms with E-state index in [9.17, 15) is 9.59 Å². The molecule has 1 aliphatic heterocycles. The lowest BCUT2D eigenvalue weighted by atomic mass is 9.89. The third kappa shape index (κ3) is 4.78. The summed E-state index contributed by atoms with van der Waals surface area (Å²) in [4.78, 5) is 26.0. The van der Waals surface area contributed by atoms with Crippen molar-refractivity contribution in [3.05, 3.63) is 65.2 Å². The molecule has 3 N–H and O–H groups in total. The lowest BCUT2D eigenvalue weighted by Crippen LogP contribution is -2.45. The Hall–Kier alpha value is -2.57. The van der Waals surface area contributed by atoms with Gasteiger partial charge >= 0.3 is 0 Å². The predicted octanol–water partition coefficient (Wildman–Crippen LogP) is 1.82. The van der Waals surface area contributed by atoms with E-state index in [2.05, 4.69) is 11.4 Å². The summed E-state index contributed by atoms with van der Waals surface area (Å²) in [5, 5.41) is 2.57. The largest absolute Gasteiger partial charge is 0.497 e. The van der Waals surface area contributed by atoms with Gasteiger partial charge in [0.1, 0.15) is 5.75 Å². The van der Waals surface area contributed by atoms with Crippen molar-refractivity contribution in [2.45, 2.75) is 19.0 Å². The molecular formula is C20H24ClN3O3. The molecule has 1 aliphatic rings. The molecule has 7 heteroatoms. The molecule has 0 spiro atoms. The highest BCUT2D eigenvalue weighted by atomic mass is 35.5. The standard InChI is InChI=1S/C20H23N3O3.ClH/c1-26-17-8-7-15-10-18(14-5-3-2-4-6-14)23(13-16(15)9-17)20(25)12-22-19(24)11-21;/h2-9,18H,10-13,21H2,1H3,(H,22,24);1H. The van der Waals surface area contributed by atoms with E-state index in [1.165, 1.54) is 5.56 Å². The number of halogens is 1. The Bertz CT molecular complexity index is 798. The first-order valence-electron chi connectivity index (χ1n) is 8.59. The lowest BCUT2D eigenvalue weighted by molar-refractivity contribution is -0.135. The Labute approximate surface area is 165 Å². The van der Waals surface area contributed by atoms with Crippen molar-refractivity contribution in [3.63, 3.8) is 0 Å². The van der Waals surface area contributed by atoms with Crippen LogP contribution >= 0.6 is 12.4 Å². The Kier molecular flexibility index (Phi) is 7.21. The number of carbonyl (C=O) groups is 2. The minimum absolute atomic E-state index is 0. The minimum Gasteiger partial charge on any atom is -0.497 e. The highest BCUT2D eigenvalue weighted by molar-refractivity contribution is 5.86. The molecule has 0 saturated carbocycles.